The van der Waals surface area contributed by atoms with Crippen LogP contribution in [0.5, 0.6) is 0 Å². The van der Waals surface area contributed by atoms with Gasteiger partial charge in [-0.05, 0) is 46.0 Å². The molecular formula is C33H20N2. The average Bonchev–Trinajstić information content (AvgIpc) is 3.44. The summed E-state index contributed by atoms with van der Waals surface area (Å²) in [6.45, 7) is 0. The average molecular weight is 445 g/mol. The number of fused-ring (bicyclic) bond motifs is 6. The molecule has 1 aliphatic rings. The molecule has 35 heavy (non-hydrogen) atoms. The molecule has 0 amide bonds. The first kappa shape index (κ1) is 18.7. The molecule has 5 aromatic carbocycles. The zero-order valence-corrected chi connectivity index (χ0v) is 18.9. The standard InChI is InChI=1S/C33H20N2/c1-2-9-21(10-3-1)22-17-18-30-28(19-22)25-13-6-7-16-29(25)35(30)33-32-27-14-5-4-12-24(27)26-15-8-11-23(20-34-33)31(26)32/h1-20H. The van der Waals surface area contributed by atoms with Gasteiger partial charge in [-0.1, -0.05) is 97.1 Å². The van der Waals surface area contributed by atoms with Gasteiger partial charge in [-0.2, -0.15) is 0 Å². The van der Waals surface area contributed by atoms with E-state index < -0.39 is 0 Å². The van der Waals surface area contributed by atoms with Gasteiger partial charge in [0.1, 0.15) is 5.82 Å². The second-order valence-corrected chi connectivity index (χ2v) is 9.22. The van der Waals surface area contributed by atoms with Crippen molar-refractivity contribution in [3.63, 3.8) is 0 Å². The third-order valence-electron chi connectivity index (χ3n) is 7.37. The van der Waals surface area contributed by atoms with Gasteiger partial charge in [0.05, 0.1) is 11.0 Å². The lowest BCUT2D eigenvalue weighted by molar-refractivity contribution is 1.09. The van der Waals surface area contributed by atoms with Crippen LogP contribution in [0.15, 0.2) is 121 Å². The summed E-state index contributed by atoms with van der Waals surface area (Å²) in [5, 5.41) is 4.97. The molecule has 2 nitrogen and oxygen atoms in total. The normalized spacial score (nSPS) is 12.0. The van der Waals surface area contributed by atoms with Gasteiger partial charge in [0, 0.05) is 33.3 Å². The largest absolute Gasteiger partial charge is 0.293 e. The van der Waals surface area contributed by atoms with Crippen LogP contribution in [0.2, 0.25) is 0 Å². The van der Waals surface area contributed by atoms with Crippen LogP contribution in [-0.4, -0.2) is 9.55 Å². The van der Waals surface area contributed by atoms with E-state index in [9.17, 15) is 0 Å². The molecule has 0 saturated carbocycles. The number of rotatable bonds is 2. The first-order valence-corrected chi connectivity index (χ1v) is 12.0. The zero-order valence-electron chi connectivity index (χ0n) is 18.9. The van der Waals surface area contributed by atoms with Gasteiger partial charge in [0.2, 0.25) is 0 Å². The van der Waals surface area contributed by atoms with Crippen molar-refractivity contribution in [3.05, 3.63) is 121 Å². The second-order valence-electron chi connectivity index (χ2n) is 9.22. The van der Waals surface area contributed by atoms with Crippen molar-refractivity contribution in [1.82, 2.24) is 9.55 Å². The van der Waals surface area contributed by atoms with Crippen LogP contribution in [0.25, 0.3) is 71.8 Å². The monoisotopic (exact) mass is 444 g/mol. The molecule has 0 spiro atoms. The molecule has 2 heteroatoms. The highest BCUT2D eigenvalue weighted by molar-refractivity contribution is 6.18. The Morgan fingerprint density at radius 2 is 1.26 bits per heavy atom. The Kier molecular flexibility index (Phi) is 3.69. The minimum absolute atomic E-state index is 0.994. The van der Waals surface area contributed by atoms with Crippen LogP contribution >= 0.6 is 0 Å². The van der Waals surface area contributed by atoms with Gasteiger partial charge < -0.3 is 0 Å². The van der Waals surface area contributed by atoms with E-state index in [0.717, 1.165) is 5.82 Å². The third-order valence-corrected chi connectivity index (χ3v) is 7.37. The first-order valence-electron chi connectivity index (χ1n) is 12.0. The van der Waals surface area contributed by atoms with Crippen LogP contribution in [-0.2, 0) is 0 Å². The van der Waals surface area contributed by atoms with Crippen molar-refractivity contribution < 1.29 is 0 Å². The zero-order chi connectivity index (χ0) is 22.9. The molecule has 2 aromatic heterocycles. The first-order chi connectivity index (χ1) is 17.4. The highest BCUT2D eigenvalue weighted by Gasteiger charge is 2.26. The van der Waals surface area contributed by atoms with Gasteiger partial charge in [0.15, 0.2) is 0 Å². The highest BCUT2D eigenvalue weighted by atomic mass is 15.1. The quantitative estimate of drug-likeness (QED) is 0.261. The van der Waals surface area contributed by atoms with E-state index >= 15 is 0 Å². The van der Waals surface area contributed by atoms with Gasteiger partial charge in [-0.3, -0.25) is 4.57 Å². The molecule has 162 valence electrons. The molecule has 1 aliphatic carbocycles. The van der Waals surface area contributed by atoms with Crippen molar-refractivity contribution in [2.45, 2.75) is 0 Å². The number of pyridine rings is 1. The summed E-state index contributed by atoms with van der Waals surface area (Å²) in [6, 6.07) is 41.3. The Bertz CT molecular complexity index is 1940. The van der Waals surface area contributed by atoms with Crippen molar-refractivity contribution in [2.24, 2.45) is 0 Å². The van der Waals surface area contributed by atoms with Crippen molar-refractivity contribution >= 4 is 32.6 Å². The van der Waals surface area contributed by atoms with E-state index in [1.54, 1.807) is 0 Å². The Hall–Kier alpha value is -4.69. The number of aromatic nitrogens is 2. The maximum absolute atomic E-state index is 5.10. The van der Waals surface area contributed by atoms with E-state index in [1.807, 2.05) is 6.20 Å². The van der Waals surface area contributed by atoms with Crippen molar-refractivity contribution in [1.29, 1.82) is 0 Å². The molecule has 0 N–H and O–H groups in total. The summed E-state index contributed by atoms with van der Waals surface area (Å²) in [4.78, 5) is 5.10. The summed E-state index contributed by atoms with van der Waals surface area (Å²) in [5.41, 5.74) is 9.88. The van der Waals surface area contributed by atoms with Gasteiger partial charge in [-0.15, -0.1) is 0 Å². The molecule has 7 aromatic rings. The summed E-state index contributed by atoms with van der Waals surface area (Å²) < 4.78 is 2.35. The fraction of sp³-hybridized carbons (Fsp3) is 0. The predicted molar refractivity (Wildman–Crippen MR) is 146 cm³/mol. The number of hydrogen-bond acceptors (Lipinski definition) is 1. The molecule has 0 aliphatic heterocycles. The minimum atomic E-state index is 0.994. The van der Waals surface area contributed by atoms with E-state index in [-0.39, 0.29) is 0 Å². The van der Waals surface area contributed by atoms with Crippen LogP contribution in [0, 0.1) is 0 Å². The summed E-state index contributed by atoms with van der Waals surface area (Å²) in [7, 11) is 0. The third kappa shape index (κ3) is 2.51. The van der Waals surface area contributed by atoms with Crippen molar-refractivity contribution in [3.8, 4) is 39.2 Å². The topological polar surface area (TPSA) is 17.8 Å². The molecule has 0 radical (unpaired) electrons. The van der Waals surface area contributed by atoms with Gasteiger partial charge >= 0.3 is 0 Å². The van der Waals surface area contributed by atoms with Crippen LogP contribution in [0.1, 0.15) is 0 Å². The molecule has 0 bridgehead atoms. The maximum atomic E-state index is 5.10. The minimum Gasteiger partial charge on any atom is -0.293 e. The van der Waals surface area contributed by atoms with Crippen LogP contribution in [0.4, 0.5) is 0 Å². The smallest absolute Gasteiger partial charge is 0.146 e. The van der Waals surface area contributed by atoms with Gasteiger partial charge in [-0.25, -0.2) is 4.98 Å². The summed E-state index contributed by atoms with van der Waals surface area (Å²) in [5.74, 6) is 0.994. The summed E-state index contributed by atoms with van der Waals surface area (Å²) >= 11 is 0. The molecule has 0 saturated heterocycles. The number of nitrogens with zero attached hydrogens (tertiary/aromatic N) is 2. The fourth-order valence-corrected chi connectivity index (χ4v) is 5.86. The molecule has 8 rings (SSSR count). The van der Waals surface area contributed by atoms with E-state index in [0.29, 0.717) is 0 Å². The summed E-state index contributed by atoms with van der Waals surface area (Å²) in [6.07, 6.45) is 2.03. The molecule has 2 heterocycles. The lowest BCUT2D eigenvalue weighted by Gasteiger charge is -2.13. The fourth-order valence-electron chi connectivity index (χ4n) is 5.86. The van der Waals surface area contributed by atoms with E-state index in [2.05, 4.69) is 120 Å². The maximum Gasteiger partial charge on any atom is 0.146 e. The Labute approximate surface area is 202 Å². The van der Waals surface area contributed by atoms with E-state index in [4.69, 9.17) is 4.98 Å². The van der Waals surface area contributed by atoms with Crippen LogP contribution in [0.3, 0.4) is 0 Å². The Balaban J connectivity index is 1.50. The molecule has 0 atom stereocenters. The number of hydrogen-bond donors (Lipinski definition) is 0. The predicted octanol–water partition coefficient (Wildman–Crippen LogP) is 8.65. The molecule has 0 fully saturated rings. The Morgan fingerprint density at radius 3 is 2.17 bits per heavy atom. The highest BCUT2D eigenvalue weighted by Crippen LogP contribution is 2.50. The lowest BCUT2D eigenvalue weighted by atomic mass is 10.0. The second kappa shape index (κ2) is 6.91. The van der Waals surface area contributed by atoms with Gasteiger partial charge in [0.25, 0.3) is 0 Å². The number of para-hydroxylation sites is 1. The number of benzene rings is 5. The molecule has 0 unspecified atom stereocenters. The van der Waals surface area contributed by atoms with E-state index in [1.165, 1.54) is 66.0 Å². The molecular weight excluding hydrogens is 424 g/mol. The van der Waals surface area contributed by atoms with Crippen LogP contribution < -0.4 is 0 Å². The SMILES string of the molecule is c1ccc(-c2ccc3c(c2)c2ccccc2n3-c2ncc3cccc4c3c2-c2ccccc2-4)cc1. The lowest BCUT2D eigenvalue weighted by Crippen LogP contribution is -2.00. The van der Waals surface area contributed by atoms with Crippen molar-refractivity contribution in [2.75, 3.05) is 0 Å². The Morgan fingerprint density at radius 1 is 0.514 bits per heavy atom.